The van der Waals surface area contributed by atoms with E-state index in [9.17, 15) is 10.1 Å². The molecule has 0 saturated heterocycles. The summed E-state index contributed by atoms with van der Waals surface area (Å²) in [5.41, 5.74) is 2.77. The molecule has 3 rings (SSSR count). The maximum absolute atomic E-state index is 12.6. The molecule has 0 aliphatic heterocycles. The van der Waals surface area contributed by atoms with Crippen LogP contribution in [0.2, 0.25) is 5.02 Å². The van der Waals surface area contributed by atoms with Crippen molar-refractivity contribution >= 4 is 35.1 Å². The molecule has 27 heavy (non-hydrogen) atoms. The van der Waals surface area contributed by atoms with Gasteiger partial charge in [-0.05, 0) is 55.4 Å². The summed E-state index contributed by atoms with van der Waals surface area (Å²) < 4.78 is 0. The van der Waals surface area contributed by atoms with E-state index in [1.807, 2.05) is 13.0 Å². The van der Waals surface area contributed by atoms with Crippen molar-refractivity contribution in [3.05, 3.63) is 46.2 Å². The number of aryl methyl sites for hydroxylation is 1. The summed E-state index contributed by atoms with van der Waals surface area (Å²) in [7, 11) is 0. The molecule has 0 radical (unpaired) electrons. The van der Waals surface area contributed by atoms with Gasteiger partial charge in [-0.2, -0.15) is 5.26 Å². The van der Waals surface area contributed by atoms with Gasteiger partial charge in [-0.15, -0.1) is 0 Å². The summed E-state index contributed by atoms with van der Waals surface area (Å²) in [6, 6.07) is 7.53. The van der Waals surface area contributed by atoms with Crippen molar-refractivity contribution in [1.82, 2.24) is 9.97 Å². The summed E-state index contributed by atoms with van der Waals surface area (Å²) in [5, 5.41) is 13.1. The highest BCUT2D eigenvalue weighted by Gasteiger charge is 2.24. The molecule has 1 N–H and O–H groups in total. The molecule has 5 nitrogen and oxygen atoms in total. The van der Waals surface area contributed by atoms with Crippen molar-refractivity contribution in [2.24, 2.45) is 5.92 Å². The molecule has 0 spiro atoms. The van der Waals surface area contributed by atoms with Gasteiger partial charge in [0.2, 0.25) is 5.91 Å². The monoisotopic (exact) mass is 400 g/mol. The van der Waals surface area contributed by atoms with Gasteiger partial charge in [0.15, 0.2) is 0 Å². The number of nitrogens with one attached hydrogen (secondary N) is 1. The first-order valence-electron chi connectivity index (χ1n) is 9.02. The molecular weight excluding hydrogens is 380 g/mol. The van der Waals surface area contributed by atoms with E-state index in [2.05, 4.69) is 23.3 Å². The minimum absolute atomic E-state index is 0.158. The van der Waals surface area contributed by atoms with E-state index in [0.29, 0.717) is 33.8 Å². The number of halogens is 1. The topological polar surface area (TPSA) is 78.7 Å². The summed E-state index contributed by atoms with van der Waals surface area (Å²) in [6.07, 6.45) is 5.10. The predicted octanol–water partition coefficient (Wildman–Crippen LogP) is 4.64. The fourth-order valence-corrected chi connectivity index (χ4v) is 4.22. The second kappa shape index (κ2) is 8.73. The number of nitrogens with zero attached hydrogens (tertiary/aromatic N) is 3. The van der Waals surface area contributed by atoms with Crippen molar-refractivity contribution in [2.45, 2.75) is 49.8 Å². The zero-order valence-corrected chi connectivity index (χ0v) is 16.9. The quantitative estimate of drug-likeness (QED) is 0.740. The fourth-order valence-electron chi connectivity index (χ4n) is 3.11. The first-order chi connectivity index (χ1) is 13.0. The van der Waals surface area contributed by atoms with E-state index in [-0.39, 0.29) is 11.2 Å². The number of thioether (sulfide) groups is 1. The third kappa shape index (κ3) is 4.79. The van der Waals surface area contributed by atoms with Gasteiger partial charge in [0.1, 0.15) is 16.9 Å². The van der Waals surface area contributed by atoms with E-state index in [4.69, 9.17) is 16.6 Å². The lowest BCUT2D eigenvalue weighted by molar-refractivity contribution is -0.115. The van der Waals surface area contributed by atoms with E-state index < -0.39 is 0 Å². The molecule has 2 atom stereocenters. The SMILES string of the molecule is CCC(Sc1nc2c(cc1C#N)CC(C)CC2)C(=O)Nc1ccc(Cl)cn1. The number of hydrogen-bond donors (Lipinski definition) is 1. The largest absolute Gasteiger partial charge is 0.310 e. The van der Waals surface area contributed by atoms with Crippen molar-refractivity contribution in [3.63, 3.8) is 0 Å². The highest BCUT2D eigenvalue weighted by Crippen LogP contribution is 2.32. The van der Waals surface area contributed by atoms with E-state index in [1.165, 1.54) is 18.0 Å². The highest BCUT2D eigenvalue weighted by atomic mass is 35.5. The van der Waals surface area contributed by atoms with Crippen LogP contribution >= 0.6 is 23.4 Å². The number of carbonyl (C=O) groups is 1. The summed E-state index contributed by atoms with van der Waals surface area (Å²) >= 11 is 7.17. The van der Waals surface area contributed by atoms with Crippen molar-refractivity contribution < 1.29 is 4.79 Å². The Hall–Kier alpha value is -2.10. The van der Waals surface area contributed by atoms with Crippen molar-refractivity contribution in [3.8, 4) is 6.07 Å². The standard InChI is InChI=1S/C20H21ClN4OS/c1-3-17(19(26)25-18-7-5-15(21)11-23-18)27-20-14(10-22)9-13-8-12(2)4-6-16(13)24-20/h5,7,9,11-12,17H,3-4,6,8H2,1-2H3,(H,23,25,26). The molecule has 2 aromatic heterocycles. The zero-order valence-electron chi connectivity index (χ0n) is 15.3. The molecule has 7 heteroatoms. The Labute approximate surface area is 168 Å². The average Bonchev–Trinajstić information content (AvgIpc) is 2.67. The second-order valence-electron chi connectivity index (χ2n) is 6.77. The van der Waals surface area contributed by atoms with E-state index in [1.54, 1.807) is 12.1 Å². The normalized spacial score (nSPS) is 16.9. The molecule has 0 bridgehead atoms. The Bertz CT molecular complexity index is 879. The molecule has 1 aliphatic carbocycles. The maximum atomic E-state index is 12.6. The van der Waals surface area contributed by atoms with Crippen LogP contribution < -0.4 is 5.32 Å². The number of nitriles is 1. The van der Waals surface area contributed by atoms with Crippen LogP contribution in [0.3, 0.4) is 0 Å². The number of carbonyl (C=O) groups excluding carboxylic acids is 1. The first-order valence-corrected chi connectivity index (χ1v) is 10.3. The zero-order chi connectivity index (χ0) is 19.4. The van der Waals surface area contributed by atoms with Gasteiger partial charge in [0.25, 0.3) is 0 Å². The van der Waals surface area contributed by atoms with Crippen LogP contribution in [0.25, 0.3) is 0 Å². The van der Waals surface area contributed by atoms with Crippen LogP contribution in [0.4, 0.5) is 5.82 Å². The minimum atomic E-state index is -0.359. The molecule has 2 unspecified atom stereocenters. The summed E-state index contributed by atoms with van der Waals surface area (Å²) in [4.78, 5) is 21.5. The molecular formula is C20H21ClN4OS. The van der Waals surface area contributed by atoms with Crippen LogP contribution in [0.1, 0.15) is 43.5 Å². The number of aromatic nitrogens is 2. The van der Waals surface area contributed by atoms with Crippen LogP contribution in [-0.4, -0.2) is 21.1 Å². The lowest BCUT2D eigenvalue weighted by Crippen LogP contribution is -2.25. The van der Waals surface area contributed by atoms with Crippen molar-refractivity contribution in [2.75, 3.05) is 5.32 Å². The van der Waals surface area contributed by atoms with Gasteiger partial charge >= 0.3 is 0 Å². The average molecular weight is 401 g/mol. The van der Waals surface area contributed by atoms with Gasteiger partial charge in [-0.1, -0.05) is 37.2 Å². The number of pyridine rings is 2. The first kappa shape index (κ1) is 19.7. The van der Waals surface area contributed by atoms with Crippen molar-refractivity contribution in [1.29, 1.82) is 5.26 Å². The molecule has 1 amide bonds. The van der Waals surface area contributed by atoms with E-state index >= 15 is 0 Å². The van der Waals surface area contributed by atoms with Gasteiger partial charge in [0.05, 0.1) is 15.8 Å². The van der Waals surface area contributed by atoms with E-state index in [0.717, 1.165) is 30.5 Å². The molecule has 2 heterocycles. The predicted molar refractivity (Wildman–Crippen MR) is 108 cm³/mol. The van der Waals surface area contributed by atoms with Gasteiger partial charge < -0.3 is 5.32 Å². The Morgan fingerprint density at radius 2 is 2.33 bits per heavy atom. The Morgan fingerprint density at radius 1 is 1.52 bits per heavy atom. The second-order valence-corrected chi connectivity index (χ2v) is 8.40. The lowest BCUT2D eigenvalue weighted by Gasteiger charge is -2.22. The maximum Gasteiger partial charge on any atom is 0.239 e. The number of fused-ring (bicyclic) bond motifs is 1. The lowest BCUT2D eigenvalue weighted by atomic mass is 9.87. The molecule has 140 valence electrons. The third-order valence-corrected chi connectivity index (χ3v) is 6.20. The summed E-state index contributed by atoms with van der Waals surface area (Å²) in [6.45, 7) is 4.17. The molecule has 1 aliphatic rings. The van der Waals surface area contributed by atoms with Crippen LogP contribution in [0.5, 0.6) is 0 Å². The molecule has 0 aromatic carbocycles. The number of amides is 1. The number of rotatable bonds is 5. The Balaban J connectivity index is 1.78. The Kier molecular flexibility index (Phi) is 6.35. The highest BCUT2D eigenvalue weighted by molar-refractivity contribution is 8.00. The molecule has 0 fully saturated rings. The van der Waals surface area contributed by atoms with Crippen LogP contribution in [0.15, 0.2) is 29.4 Å². The smallest absolute Gasteiger partial charge is 0.239 e. The van der Waals surface area contributed by atoms with Crippen LogP contribution in [-0.2, 0) is 17.6 Å². The van der Waals surface area contributed by atoms with Gasteiger partial charge in [-0.25, -0.2) is 9.97 Å². The molecule has 2 aromatic rings. The number of hydrogen-bond acceptors (Lipinski definition) is 5. The Morgan fingerprint density at radius 3 is 3.00 bits per heavy atom. The minimum Gasteiger partial charge on any atom is -0.310 e. The summed E-state index contributed by atoms with van der Waals surface area (Å²) in [5.74, 6) is 0.913. The number of anilines is 1. The third-order valence-electron chi connectivity index (χ3n) is 4.61. The van der Waals surface area contributed by atoms with Gasteiger partial charge in [0, 0.05) is 11.9 Å². The fraction of sp³-hybridized carbons (Fsp3) is 0.400. The van der Waals surface area contributed by atoms with Gasteiger partial charge in [-0.3, -0.25) is 4.79 Å². The van der Waals surface area contributed by atoms with Crippen LogP contribution in [0, 0.1) is 17.2 Å². The molecule has 0 saturated carbocycles.